The number of carbonyl (C=O) groups excluding carboxylic acids is 1. The third kappa shape index (κ3) is 4.68. The highest BCUT2D eigenvalue weighted by molar-refractivity contribution is 5.77. The van der Waals surface area contributed by atoms with E-state index in [-0.39, 0.29) is 18.0 Å². The Hall–Kier alpha value is -2.20. The Bertz CT molecular complexity index is 515. The summed E-state index contributed by atoms with van der Waals surface area (Å²) < 4.78 is 0. The number of aromatic nitrogens is 1. The van der Waals surface area contributed by atoms with Crippen molar-refractivity contribution < 1.29 is 4.79 Å². The molecule has 1 aromatic carbocycles. The van der Waals surface area contributed by atoms with Crippen molar-refractivity contribution in [1.82, 2.24) is 10.3 Å². The minimum Gasteiger partial charge on any atom is -0.345 e. The first kappa shape index (κ1) is 15.2. The molecule has 0 aliphatic rings. The molecule has 0 spiro atoms. The molecular weight excluding hydrogens is 262 g/mol. The Labute approximate surface area is 125 Å². The van der Waals surface area contributed by atoms with E-state index >= 15 is 0 Å². The molecular formula is C17H21N3O. The Morgan fingerprint density at radius 2 is 1.76 bits per heavy atom. The van der Waals surface area contributed by atoms with E-state index in [4.69, 9.17) is 5.73 Å². The number of pyridine rings is 1. The number of hydrogen-bond donors (Lipinski definition) is 2. The van der Waals surface area contributed by atoms with Gasteiger partial charge in [0.05, 0.1) is 6.04 Å². The van der Waals surface area contributed by atoms with Crippen molar-refractivity contribution in [1.29, 1.82) is 0 Å². The second-order valence-electron chi connectivity index (χ2n) is 5.21. The fourth-order valence-electron chi connectivity index (χ4n) is 2.15. The second kappa shape index (κ2) is 7.55. The quantitative estimate of drug-likeness (QED) is 0.855. The average molecular weight is 283 g/mol. The van der Waals surface area contributed by atoms with Crippen LogP contribution in [0.1, 0.15) is 36.9 Å². The number of amides is 1. The summed E-state index contributed by atoms with van der Waals surface area (Å²) in [6.07, 6.45) is 4.59. The minimum atomic E-state index is -0.158. The Morgan fingerprint density at radius 3 is 2.38 bits per heavy atom. The average Bonchev–Trinajstić information content (AvgIpc) is 2.52. The Kier molecular flexibility index (Phi) is 5.46. The maximum Gasteiger partial charge on any atom is 0.220 e. The van der Waals surface area contributed by atoms with Crippen molar-refractivity contribution in [3.8, 4) is 0 Å². The van der Waals surface area contributed by atoms with Crippen LogP contribution in [0.15, 0.2) is 54.9 Å². The first-order chi connectivity index (χ1) is 10.2. The van der Waals surface area contributed by atoms with Gasteiger partial charge in [0.25, 0.3) is 0 Å². The molecule has 110 valence electrons. The molecule has 0 bridgehead atoms. The summed E-state index contributed by atoms with van der Waals surface area (Å²) in [5.41, 5.74) is 7.78. The summed E-state index contributed by atoms with van der Waals surface area (Å²) in [6, 6.07) is 13.6. The number of carbonyl (C=O) groups is 1. The number of hydrogen-bond acceptors (Lipinski definition) is 3. The normalized spacial score (nSPS) is 13.4. The van der Waals surface area contributed by atoms with Gasteiger partial charge >= 0.3 is 0 Å². The van der Waals surface area contributed by atoms with Gasteiger partial charge in [0, 0.05) is 24.9 Å². The van der Waals surface area contributed by atoms with E-state index in [0.29, 0.717) is 12.8 Å². The summed E-state index contributed by atoms with van der Waals surface area (Å²) >= 11 is 0. The SMILES string of the molecule is CC(N)CCC(=O)NC(c1ccccc1)c1ccncc1. The van der Waals surface area contributed by atoms with E-state index in [1.165, 1.54) is 0 Å². The topological polar surface area (TPSA) is 68.0 Å². The number of nitrogens with zero attached hydrogens (tertiary/aromatic N) is 1. The molecule has 0 saturated carbocycles. The smallest absolute Gasteiger partial charge is 0.220 e. The first-order valence-corrected chi connectivity index (χ1v) is 7.16. The van der Waals surface area contributed by atoms with Crippen LogP contribution in [0.2, 0.25) is 0 Å². The maximum absolute atomic E-state index is 12.1. The van der Waals surface area contributed by atoms with Crippen LogP contribution in [0.5, 0.6) is 0 Å². The highest BCUT2D eigenvalue weighted by atomic mass is 16.1. The van der Waals surface area contributed by atoms with Gasteiger partial charge < -0.3 is 11.1 Å². The van der Waals surface area contributed by atoms with Gasteiger partial charge in [0.1, 0.15) is 0 Å². The molecule has 1 aromatic heterocycles. The van der Waals surface area contributed by atoms with Crippen molar-refractivity contribution in [3.63, 3.8) is 0 Å². The highest BCUT2D eigenvalue weighted by Crippen LogP contribution is 2.21. The predicted octanol–water partition coefficient (Wildman–Crippen LogP) is 2.41. The van der Waals surface area contributed by atoms with Crippen LogP contribution >= 0.6 is 0 Å². The molecule has 3 N–H and O–H groups in total. The molecule has 2 aromatic rings. The van der Waals surface area contributed by atoms with Crippen molar-refractivity contribution in [2.75, 3.05) is 0 Å². The van der Waals surface area contributed by atoms with E-state index in [1.54, 1.807) is 12.4 Å². The second-order valence-corrected chi connectivity index (χ2v) is 5.21. The standard InChI is InChI=1S/C17H21N3O/c1-13(18)7-8-16(21)20-17(14-5-3-2-4-6-14)15-9-11-19-12-10-15/h2-6,9-13,17H,7-8,18H2,1H3,(H,20,21). The number of nitrogens with one attached hydrogen (secondary N) is 1. The highest BCUT2D eigenvalue weighted by Gasteiger charge is 2.16. The molecule has 0 aliphatic carbocycles. The summed E-state index contributed by atoms with van der Waals surface area (Å²) in [6.45, 7) is 1.91. The van der Waals surface area contributed by atoms with Crippen LogP contribution in [0.3, 0.4) is 0 Å². The molecule has 0 aliphatic heterocycles. The summed E-state index contributed by atoms with van der Waals surface area (Å²) in [5, 5.41) is 3.08. The predicted molar refractivity (Wildman–Crippen MR) is 83.5 cm³/mol. The van der Waals surface area contributed by atoms with Crippen LogP contribution in [-0.2, 0) is 4.79 Å². The van der Waals surface area contributed by atoms with E-state index in [1.807, 2.05) is 49.4 Å². The van der Waals surface area contributed by atoms with E-state index in [0.717, 1.165) is 11.1 Å². The lowest BCUT2D eigenvalue weighted by Gasteiger charge is -2.20. The summed E-state index contributed by atoms with van der Waals surface area (Å²) in [7, 11) is 0. The van der Waals surface area contributed by atoms with Crippen LogP contribution < -0.4 is 11.1 Å². The van der Waals surface area contributed by atoms with Gasteiger partial charge in [0.2, 0.25) is 5.91 Å². The molecule has 0 saturated heterocycles. The maximum atomic E-state index is 12.1. The van der Waals surface area contributed by atoms with E-state index in [9.17, 15) is 4.79 Å². The molecule has 2 rings (SSSR count). The van der Waals surface area contributed by atoms with Gasteiger partial charge in [-0.1, -0.05) is 30.3 Å². The van der Waals surface area contributed by atoms with Gasteiger partial charge in [-0.2, -0.15) is 0 Å². The fraction of sp³-hybridized carbons (Fsp3) is 0.294. The zero-order valence-corrected chi connectivity index (χ0v) is 12.2. The fourth-order valence-corrected chi connectivity index (χ4v) is 2.15. The molecule has 2 unspecified atom stereocenters. The zero-order chi connectivity index (χ0) is 15.1. The summed E-state index contributed by atoms with van der Waals surface area (Å²) in [5.74, 6) is 0.0120. The molecule has 0 fully saturated rings. The van der Waals surface area contributed by atoms with Crippen molar-refractivity contribution in [2.45, 2.75) is 31.8 Å². The number of nitrogens with two attached hydrogens (primary N) is 1. The van der Waals surface area contributed by atoms with Gasteiger partial charge in [0.15, 0.2) is 0 Å². The van der Waals surface area contributed by atoms with Crippen LogP contribution in [0, 0.1) is 0 Å². The van der Waals surface area contributed by atoms with Crippen LogP contribution in [0.25, 0.3) is 0 Å². The molecule has 2 atom stereocenters. The number of rotatable bonds is 6. The summed E-state index contributed by atoms with van der Waals surface area (Å²) in [4.78, 5) is 16.2. The Balaban J connectivity index is 2.16. The van der Waals surface area contributed by atoms with E-state index < -0.39 is 0 Å². The molecule has 21 heavy (non-hydrogen) atoms. The van der Waals surface area contributed by atoms with Gasteiger partial charge in [-0.05, 0) is 36.6 Å². The lowest BCUT2D eigenvalue weighted by atomic mass is 9.99. The van der Waals surface area contributed by atoms with Crippen LogP contribution in [-0.4, -0.2) is 16.9 Å². The lowest BCUT2D eigenvalue weighted by Crippen LogP contribution is -2.30. The lowest BCUT2D eigenvalue weighted by molar-refractivity contribution is -0.121. The third-order valence-electron chi connectivity index (χ3n) is 3.30. The van der Waals surface area contributed by atoms with Gasteiger partial charge in [-0.15, -0.1) is 0 Å². The third-order valence-corrected chi connectivity index (χ3v) is 3.30. The zero-order valence-electron chi connectivity index (χ0n) is 12.2. The molecule has 1 amide bonds. The van der Waals surface area contributed by atoms with E-state index in [2.05, 4.69) is 10.3 Å². The Morgan fingerprint density at radius 1 is 1.14 bits per heavy atom. The van der Waals surface area contributed by atoms with Crippen LogP contribution in [0.4, 0.5) is 0 Å². The van der Waals surface area contributed by atoms with Crippen molar-refractivity contribution in [3.05, 3.63) is 66.0 Å². The molecule has 0 radical (unpaired) electrons. The monoisotopic (exact) mass is 283 g/mol. The van der Waals surface area contributed by atoms with Crippen molar-refractivity contribution >= 4 is 5.91 Å². The minimum absolute atomic E-state index is 0.0120. The molecule has 4 nitrogen and oxygen atoms in total. The van der Waals surface area contributed by atoms with Crippen molar-refractivity contribution in [2.24, 2.45) is 5.73 Å². The van der Waals surface area contributed by atoms with Gasteiger partial charge in [-0.25, -0.2) is 0 Å². The molecule has 4 heteroatoms. The number of benzene rings is 1. The van der Waals surface area contributed by atoms with Gasteiger partial charge in [-0.3, -0.25) is 9.78 Å². The first-order valence-electron chi connectivity index (χ1n) is 7.16. The molecule has 1 heterocycles. The largest absolute Gasteiger partial charge is 0.345 e.